The molecule has 1 aliphatic rings. The van der Waals surface area contributed by atoms with E-state index >= 15 is 0 Å². The van der Waals surface area contributed by atoms with Crippen LogP contribution in [0, 0.1) is 5.82 Å². The molecule has 0 unspecified atom stereocenters. The van der Waals surface area contributed by atoms with Gasteiger partial charge in [-0.3, -0.25) is 9.78 Å². The van der Waals surface area contributed by atoms with Crippen LogP contribution in [0.3, 0.4) is 0 Å². The Labute approximate surface area is 177 Å². The van der Waals surface area contributed by atoms with Gasteiger partial charge in [-0.2, -0.15) is 13.9 Å². The van der Waals surface area contributed by atoms with Crippen LogP contribution in [0.1, 0.15) is 30.9 Å². The molecule has 5 nitrogen and oxygen atoms in total. The fourth-order valence-electron chi connectivity index (χ4n) is 3.92. The number of likely N-dealkylation sites (tertiary alicyclic amines) is 1. The zero-order chi connectivity index (χ0) is 22.0. The molecular formula is C23H21F3N4O. The zero-order valence-corrected chi connectivity index (χ0v) is 16.7. The summed E-state index contributed by atoms with van der Waals surface area (Å²) in [7, 11) is 0. The molecule has 8 heteroatoms. The van der Waals surface area contributed by atoms with Crippen LogP contribution in [-0.4, -0.2) is 38.7 Å². The number of hydrogen-bond acceptors (Lipinski definition) is 3. The minimum atomic E-state index is -2.73. The van der Waals surface area contributed by atoms with Crippen molar-refractivity contribution in [3.05, 3.63) is 72.8 Å². The number of hydrogen-bond donors (Lipinski definition) is 0. The lowest BCUT2D eigenvalue weighted by atomic mass is 9.86. The van der Waals surface area contributed by atoms with Crippen LogP contribution in [0.2, 0.25) is 0 Å². The van der Waals surface area contributed by atoms with Gasteiger partial charge in [0.25, 0.3) is 0 Å². The van der Waals surface area contributed by atoms with Gasteiger partial charge in [-0.05, 0) is 66.8 Å². The molecule has 0 aliphatic carbocycles. The second-order valence-corrected chi connectivity index (χ2v) is 7.43. The summed E-state index contributed by atoms with van der Waals surface area (Å²) in [6.45, 7) is 1.97. The van der Waals surface area contributed by atoms with Gasteiger partial charge in [-0.1, -0.05) is 6.58 Å². The third-order valence-corrected chi connectivity index (χ3v) is 5.58. The number of alkyl halides is 2. The average Bonchev–Trinajstić information content (AvgIpc) is 3.29. The maximum atomic E-state index is 13.3. The van der Waals surface area contributed by atoms with Gasteiger partial charge in [0.15, 0.2) is 0 Å². The normalized spacial score (nSPS) is 14.8. The van der Waals surface area contributed by atoms with E-state index in [2.05, 4.69) is 16.7 Å². The van der Waals surface area contributed by atoms with Gasteiger partial charge in [0.1, 0.15) is 5.82 Å². The number of carbonyl (C=O) groups excluding carboxylic acids is 1. The molecule has 1 aromatic carbocycles. The Morgan fingerprint density at radius 1 is 1.13 bits per heavy atom. The predicted molar refractivity (Wildman–Crippen MR) is 111 cm³/mol. The van der Waals surface area contributed by atoms with Crippen LogP contribution in [0.5, 0.6) is 0 Å². The first-order valence-corrected chi connectivity index (χ1v) is 9.97. The number of rotatable bonds is 5. The molecule has 1 amide bonds. The fraction of sp³-hybridized carbons (Fsp3) is 0.261. The molecule has 160 valence electrons. The Bertz CT molecular complexity index is 1090. The summed E-state index contributed by atoms with van der Waals surface area (Å²) in [5.74, 6) is -0.341. The third-order valence-electron chi connectivity index (χ3n) is 5.58. The van der Waals surface area contributed by atoms with Crippen LogP contribution in [-0.2, 0) is 4.79 Å². The van der Waals surface area contributed by atoms with Crippen LogP contribution >= 0.6 is 0 Å². The Morgan fingerprint density at radius 3 is 2.45 bits per heavy atom. The number of benzene rings is 1. The smallest absolute Gasteiger partial charge is 0.333 e. The number of nitrogens with zero attached hydrogens (tertiary/aromatic N) is 4. The molecular weight excluding hydrogens is 405 g/mol. The monoisotopic (exact) mass is 426 g/mol. The third kappa shape index (κ3) is 4.38. The summed E-state index contributed by atoms with van der Waals surface area (Å²) in [4.78, 5) is 18.2. The summed E-state index contributed by atoms with van der Waals surface area (Å²) in [6.07, 6.45) is 5.74. The van der Waals surface area contributed by atoms with E-state index in [-0.39, 0.29) is 17.6 Å². The fourth-order valence-corrected chi connectivity index (χ4v) is 3.92. The highest BCUT2D eigenvalue weighted by molar-refractivity contribution is 5.87. The number of halogens is 3. The summed E-state index contributed by atoms with van der Waals surface area (Å²) < 4.78 is 40.1. The molecule has 1 saturated heterocycles. The van der Waals surface area contributed by atoms with Gasteiger partial charge in [-0.25, -0.2) is 9.07 Å². The van der Waals surface area contributed by atoms with Gasteiger partial charge in [0, 0.05) is 36.6 Å². The number of pyridine rings is 1. The summed E-state index contributed by atoms with van der Waals surface area (Å²) in [5.41, 5.74) is 3.35. The van der Waals surface area contributed by atoms with E-state index in [1.54, 1.807) is 29.3 Å². The highest BCUT2D eigenvalue weighted by atomic mass is 19.3. The molecule has 4 rings (SSSR count). The van der Waals surface area contributed by atoms with Crippen molar-refractivity contribution < 1.29 is 18.0 Å². The maximum Gasteiger partial charge on any atom is 0.333 e. The van der Waals surface area contributed by atoms with E-state index in [1.807, 2.05) is 6.07 Å². The highest BCUT2D eigenvalue weighted by Crippen LogP contribution is 2.36. The van der Waals surface area contributed by atoms with Crippen molar-refractivity contribution in [2.75, 3.05) is 13.1 Å². The Kier molecular flexibility index (Phi) is 5.88. The molecule has 0 bridgehead atoms. The lowest BCUT2D eigenvalue weighted by molar-refractivity contribution is -0.127. The molecule has 1 aliphatic heterocycles. The SMILES string of the molecule is C=CC(=O)N1CCC(c2cnc(-c3ccc(F)cc3)cc2-c2ccn(C(F)F)n2)CC1. The van der Waals surface area contributed by atoms with Crippen LogP contribution < -0.4 is 0 Å². The van der Waals surface area contributed by atoms with E-state index in [0.717, 1.165) is 18.4 Å². The lowest BCUT2D eigenvalue weighted by Gasteiger charge is -2.32. The quantitative estimate of drug-likeness (QED) is 0.537. The maximum absolute atomic E-state index is 13.3. The van der Waals surface area contributed by atoms with E-state index in [1.165, 1.54) is 24.4 Å². The lowest BCUT2D eigenvalue weighted by Crippen LogP contribution is -2.36. The molecule has 31 heavy (non-hydrogen) atoms. The number of aromatic nitrogens is 3. The predicted octanol–water partition coefficient (Wildman–Crippen LogP) is 5.04. The molecule has 0 radical (unpaired) electrons. The number of amides is 1. The summed E-state index contributed by atoms with van der Waals surface area (Å²) >= 11 is 0. The van der Waals surface area contributed by atoms with Gasteiger partial charge in [-0.15, -0.1) is 0 Å². The molecule has 0 saturated carbocycles. The van der Waals surface area contributed by atoms with E-state index < -0.39 is 6.55 Å². The molecule has 0 spiro atoms. The minimum absolute atomic E-state index is 0.0980. The summed E-state index contributed by atoms with van der Waals surface area (Å²) in [5, 5.41) is 4.04. The first-order chi connectivity index (χ1) is 15.0. The van der Waals surface area contributed by atoms with Crippen molar-refractivity contribution >= 4 is 5.91 Å². The average molecular weight is 426 g/mol. The van der Waals surface area contributed by atoms with E-state index in [0.29, 0.717) is 40.3 Å². The Hall–Kier alpha value is -3.42. The second kappa shape index (κ2) is 8.75. The molecule has 1 fully saturated rings. The van der Waals surface area contributed by atoms with E-state index in [4.69, 9.17) is 0 Å². The highest BCUT2D eigenvalue weighted by Gasteiger charge is 2.26. The topological polar surface area (TPSA) is 51.0 Å². The standard InChI is InChI=1S/C23H21F3N4O/c1-2-22(31)29-10-7-15(8-11-29)19-14-27-21(16-3-5-17(24)6-4-16)13-18(19)20-9-12-30(28-20)23(25)26/h2-6,9,12-15,23H,1,7-8,10-11H2. The summed E-state index contributed by atoms with van der Waals surface area (Å²) in [6, 6.07) is 9.30. The van der Waals surface area contributed by atoms with Crippen LogP contribution in [0.25, 0.3) is 22.5 Å². The largest absolute Gasteiger partial charge is 0.339 e. The Morgan fingerprint density at radius 2 is 1.84 bits per heavy atom. The Balaban J connectivity index is 1.71. The number of carbonyl (C=O) groups is 1. The first-order valence-electron chi connectivity index (χ1n) is 9.97. The van der Waals surface area contributed by atoms with Crippen molar-refractivity contribution in [1.82, 2.24) is 19.7 Å². The molecule has 2 aromatic heterocycles. The van der Waals surface area contributed by atoms with E-state index in [9.17, 15) is 18.0 Å². The van der Waals surface area contributed by atoms with Crippen molar-refractivity contribution in [2.45, 2.75) is 25.3 Å². The van der Waals surface area contributed by atoms with Crippen molar-refractivity contribution in [3.8, 4) is 22.5 Å². The van der Waals surface area contributed by atoms with Gasteiger partial charge >= 0.3 is 6.55 Å². The minimum Gasteiger partial charge on any atom is -0.339 e. The van der Waals surface area contributed by atoms with Gasteiger partial charge in [0.2, 0.25) is 5.91 Å². The van der Waals surface area contributed by atoms with Crippen molar-refractivity contribution in [3.63, 3.8) is 0 Å². The van der Waals surface area contributed by atoms with Crippen molar-refractivity contribution in [1.29, 1.82) is 0 Å². The van der Waals surface area contributed by atoms with Gasteiger partial charge in [0.05, 0.1) is 11.4 Å². The van der Waals surface area contributed by atoms with Gasteiger partial charge < -0.3 is 4.90 Å². The van der Waals surface area contributed by atoms with Crippen LogP contribution in [0.15, 0.2) is 61.4 Å². The molecule has 0 atom stereocenters. The zero-order valence-electron chi connectivity index (χ0n) is 16.7. The molecule has 3 aromatic rings. The molecule has 0 N–H and O–H groups in total. The molecule has 3 heterocycles. The second-order valence-electron chi connectivity index (χ2n) is 7.43. The number of piperidine rings is 1. The van der Waals surface area contributed by atoms with Crippen molar-refractivity contribution in [2.24, 2.45) is 0 Å². The van der Waals surface area contributed by atoms with Crippen LogP contribution in [0.4, 0.5) is 13.2 Å². The first kappa shape index (κ1) is 20.8.